The first-order valence-corrected chi connectivity index (χ1v) is 7.06. The predicted octanol–water partition coefficient (Wildman–Crippen LogP) is 2.12. The van der Waals surface area contributed by atoms with Gasteiger partial charge < -0.3 is 11.1 Å². The molecule has 2 aromatic rings. The molecule has 0 aliphatic carbocycles. The number of amides is 1. The molecule has 106 valence electrons. The lowest BCUT2D eigenvalue weighted by molar-refractivity contribution is -0.115. The Morgan fingerprint density at radius 3 is 2.80 bits per heavy atom. The molecule has 7 heteroatoms. The third-order valence-corrected chi connectivity index (χ3v) is 3.73. The van der Waals surface area contributed by atoms with Crippen LogP contribution in [-0.2, 0) is 4.79 Å². The molecular weight excluding hydrogens is 274 g/mol. The minimum absolute atomic E-state index is 0.0923. The summed E-state index contributed by atoms with van der Waals surface area (Å²) in [5, 5.41) is 9.50. The summed E-state index contributed by atoms with van der Waals surface area (Å²) < 4.78 is 0. The second-order valence-corrected chi connectivity index (χ2v) is 5.88. The molecule has 20 heavy (non-hydrogen) atoms. The zero-order valence-corrected chi connectivity index (χ0v) is 12.4. The molecule has 0 bridgehead atoms. The average molecular weight is 291 g/mol. The number of anilines is 2. The minimum Gasteiger partial charge on any atom is -0.368 e. The molecule has 0 spiro atoms. The fourth-order valence-corrected chi connectivity index (χ4v) is 2.44. The van der Waals surface area contributed by atoms with Crippen LogP contribution >= 0.6 is 11.8 Å². The van der Waals surface area contributed by atoms with Crippen molar-refractivity contribution in [1.82, 2.24) is 15.2 Å². The molecule has 0 saturated heterocycles. The second kappa shape index (κ2) is 5.96. The van der Waals surface area contributed by atoms with Gasteiger partial charge in [0.15, 0.2) is 0 Å². The molecule has 1 aromatic carbocycles. The van der Waals surface area contributed by atoms with Crippen molar-refractivity contribution in [2.45, 2.75) is 31.2 Å². The Bertz CT molecular complexity index is 625. The van der Waals surface area contributed by atoms with E-state index in [4.69, 9.17) is 5.73 Å². The van der Waals surface area contributed by atoms with Gasteiger partial charge in [-0.3, -0.25) is 4.79 Å². The van der Waals surface area contributed by atoms with Gasteiger partial charge in [0.25, 0.3) is 0 Å². The molecule has 1 heterocycles. The second-order valence-electron chi connectivity index (χ2n) is 4.57. The van der Waals surface area contributed by atoms with Gasteiger partial charge >= 0.3 is 0 Å². The van der Waals surface area contributed by atoms with E-state index in [2.05, 4.69) is 20.5 Å². The highest BCUT2D eigenvalue weighted by atomic mass is 32.2. The van der Waals surface area contributed by atoms with Crippen LogP contribution in [0, 0.1) is 13.8 Å². The normalized spacial score (nSPS) is 12.2. The zero-order chi connectivity index (χ0) is 14.7. The molecule has 1 atom stereocenters. The third-order valence-electron chi connectivity index (χ3n) is 2.77. The Morgan fingerprint density at radius 1 is 1.45 bits per heavy atom. The van der Waals surface area contributed by atoms with E-state index in [1.165, 1.54) is 17.3 Å². The van der Waals surface area contributed by atoms with Gasteiger partial charge in [-0.15, -0.1) is 5.10 Å². The van der Waals surface area contributed by atoms with E-state index in [1.807, 2.05) is 32.0 Å². The molecule has 1 unspecified atom stereocenters. The number of nitrogens with one attached hydrogen (secondary N) is 2. The monoisotopic (exact) mass is 291 g/mol. The summed E-state index contributed by atoms with van der Waals surface area (Å²) in [6, 6.07) is 5.91. The maximum atomic E-state index is 12.1. The lowest BCUT2D eigenvalue weighted by atomic mass is 10.1. The van der Waals surface area contributed by atoms with Crippen LogP contribution in [0.3, 0.4) is 0 Å². The maximum absolute atomic E-state index is 12.1. The quantitative estimate of drug-likeness (QED) is 0.750. The number of rotatable bonds is 4. The number of hydrogen-bond acceptors (Lipinski definition) is 5. The topological polar surface area (TPSA) is 96.7 Å². The highest BCUT2D eigenvalue weighted by Gasteiger charge is 2.17. The predicted molar refractivity (Wildman–Crippen MR) is 80.7 cm³/mol. The number of aromatic nitrogens is 3. The zero-order valence-electron chi connectivity index (χ0n) is 11.6. The highest BCUT2D eigenvalue weighted by molar-refractivity contribution is 8.00. The molecule has 0 aliphatic heterocycles. The van der Waals surface area contributed by atoms with Crippen molar-refractivity contribution in [2.24, 2.45) is 0 Å². The van der Waals surface area contributed by atoms with Gasteiger partial charge in [0, 0.05) is 5.69 Å². The number of H-pyrrole nitrogens is 1. The molecule has 0 saturated carbocycles. The molecule has 0 aliphatic rings. The van der Waals surface area contributed by atoms with Crippen LogP contribution < -0.4 is 11.1 Å². The van der Waals surface area contributed by atoms with Gasteiger partial charge in [-0.2, -0.15) is 4.98 Å². The first-order chi connectivity index (χ1) is 9.45. The van der Waals surface area contributed by atoms with Crippen molar-refractivity contribution in [3.63, 3.8) is 0 Å². The molecule has 2 rings (SSSR count). The van der Waals surface area contributed by atoms with Gasteiger partial charge in [0.1, 0.15) is 0 Å². The molecule has 4 N–H and O–H groups in total. The third kappa shape index (κ3) is 3.51. The number of nitrogens with zero attached hydrogens (tertiary/aromatic N) is 2. The number of hydrogen-bond donors (Lipinski definition) is 3. The Hall–Kier alpha value is -2.02. The first-order valence-electron chi connectivity index (χ1n) is 6.18. The summed E-state index contributed by atoms with van der Waals surface area (Å²) in [6.45, 7) is 5.79. The van der Waals surface area contributed by atoms with Crippen LogP contribution in [0.4, 0.5) is 11.6 Å². The summed E-state index contributed by atoms with van der Waals surface area (Å²) in [7, 11) is 0. The Morgan fingerprint density at radius 2 is 2.20 bits per heavy atom. The SMILES string of the molecule is Cc1ccc(NC(=O)C(C)Sc2n[nH]c(N)n2)c(C)c1. The minimum atomic E-state index is -0.314. The van der Waals surface area contributed by atoms with E-state index in [9.17, 15) is 4.79 Å². The van der Waals surface area contributed by atoms with Crippen LogP contribution in [0.1, 0.15) is 18.1 Å². The molecular formula is C13H17N5OS. The fourth-order valence-electron chi connectivity index (χ4n) is 1.71. The number of carbonyl (C=O) groups is 1. The number of carbonyl (C=O) groups excluding carboxylic acids is 1. The number of thioether (sulfide) groups is 1. The van der Waals surface area contributed by atoms with Gasteiger partial charge in [-0.05, 0) is 32.4 Å². The number of nitrogens with two attached hydrogens (primary N) is 1. The van der Waals surface area contributed by atoms with Crippen molar-refractivity contribution in [3.8, 4) is 0 Å². The summed E-state index contributed by atoms with van der Waals surface area (Å²) in [4.78, 5) is 16.1. The summed E-state index contributed by atoms with van der Waals surface area (Å²) >= 11 is 1.26. The maximum Gasteiger partial charge on any atom is 0.237 e. The summed E-state index contributed by atoms with van der Waals surface area (Å²) in [6.07, 6.45) is 0. The van der Waals surface area contributed by atoms with Crippen LogP contribution in [-0.4, -0.2) is 26.3 Å². The molecule has 1 aromatic heterocycles. The largest absolute Gasteiger partial charge is 0.368 e. The van der Waals surface area contributed by atoms with Crippen LogP contribution in [0.25, 0.3) is 0 Å². The van der Waals surface area contributed by atoms with E-state index in [0.29, 0.717) is 5.16 Å². The lowest BCUT2D eigenvalue weighted by Crippen LogP contribution is -2.23. The fraction of sp³-hybridized carbons (Fsp3) is 0.308. The number of aryl methyl sites for hydroxylation is 2. The molecule has 6 nitrogen and oxygen atoms in total. The van der Waals surface area contributed by atoms with E-state index in [0.717, 1.165) is 11.3 Å². The van der Waals surface area contributed by atoms with Crippen molar-refractivity contribution < 1.29 is 4.79 Å². The lowest BCUT2D eigenvalue weighted by Gasteiger charge is -2.12. The van der Waals surface area contributed by atoms with Crippen molar-refractivity contribution in [1.29, 1.82) is 0 Å². The number of benzene rings is 1. The van der Waals surface area contributed by atoms with Gasteiger partial charge in [0.2, 0.25) is 17.0 Å². The van der Waals surface area contributed by atoms with Crippen molar-refractivity contribution in [3.05, 3.63) is 29.3 Å². The Balaban J connectivity index is 2.00. The Kier molecular flexibility index (Phi) is 4.29. The van der Waals surface area contributed by atoms with E-state index >= 15 is 0 Å². The van der Waals surface area contributed by atoms with Gasteiger partial charge in [-0.25, -0.2) is 5.10 Å². The van der Waals surface area contributed by atoms with Crippen molar-refractivity contribution >= 4 is 29.3 Å². The van der Waals surface area contributed by atoms with Gasteiger partial charge in [0.05, 0.1) is 5.25 Å². The molecule has 0 fully saturated rings. The number of nitrogen functional groups attached to an aromatic ring is 1. The highest BCUT2D eigenvalue weighted by Crippen LogP contribution is 2.22. The average Bonchev–Trinajstić information content (AvgIpc) is 2.78. The van der Waals surface area contributed by atoms with Crippen LogP contribution in [0.5, 0.6) is 0 Å². The van der Waals surface area contributed by atoms with Crippen molar-refractivity contribution in [2.75, 3.05) is 11.1 Å². The first kappa shape index (κ1) is 14.4. The van der Waals surface area contributed by atoms with Gasteiger partial charge in [-0.1, -0.05) is 29.5 Å². The van der Waals surface area contributed by atoms with E-state index < -0.39 is 0 Å². The van der Waals surface area contributed by atoms with E-state index in [1.54, 1.807) is 6.92 Å². The van der Waals surface area contributed by atoms with Crippen LogP contribution in [0.15, 0.2) is 23.4 Å². The van der Waals surface area contributed by atoms with Crippen LogP contribution in [0.2, 0.25) is 0 Å². The molecule has 0 radical (unpaired) electrons. The molecule has 1 amide bonds. The Labute approximate surface area is 121 Å². The smallest absolute Gasteiger partial charge is 0.237 e. The van der Waals surface area contributed by atoms with E-state index in [-0.39, 0.29) is 17.1 Å². The number of aromatic amines is 1. The summed E-state index contributed by atoms with van der Waals surface area (Å²) in [5.41, 5.74) is 8.47. The standard InChI is InChI=1S/C13H17N5OS/c1-7-4-5-10(8(2)6-7)15-11(19)9(3)20-13-16-12(14)17-18-13/h4-6,9H,1-3H3,(H,15,19)(H3,14,16,17,18). The summed E-state index contributed by atoms with van der Waals surface area (Å²) in [5.74, 6) is 0.153.